The number of hydrogen-bond acceptors (Lipinski definition) is 5. The molecule has 0 saturated heterocycles. The number of benzene rings is 1. The Morgan fingerprint density at radius 1 is 1.38 bits per heavy atom. The van der Waals surface area contributed by atoms with Gasteiger partial charge < -0.3 is 9.47 Å². The molecule has 0 amide bonds. The molecule has 1 aromatic heterocycles. The van der Waals surface area contributed by atoms with E-state index in [1.807, 2.05) is 30.5 Å². The maximum atomic E-state index is 11.1. The number of fused-ring (bicyclic) bond motifs is 1. The van der Waals surface area contributed by atoms with Crippen LogP contribution in [0.1, 0.15) is 16.8 Å². The summed E-state index contributed by atoms with van der Waals surface area (Å²) in [6.07, 6.45) is 6.03. The number of nitrogens with one attached hydrogen (secondary N) is 1. The lowest BCUT2D eigenvalue weighted by Gasteiger charge is -2.26. The monoisotopic (exact) mass is 327 g/mol. The van der Waals surface area contributed by atoms with E-state index in [0.29, 0.717) is 6.61 Å². The summed E-state index contributed by atoms with van der Waals surface area (Å²) in [7, 11) is 1.36. The first kappa shape index (κ1) is 16.3. The standard InChI is InChI=1S/C18H21N3O3/c1-23-18(22)7-4-14-2-5-16(6-3-14)24-11-10-21-9-8-17-15(13-21)12-19-20-17/h2-7,12H,8-11,13H2,1H3,(H,19,20). The number of nitrogens with zero attached hydrogens (tertiary/aromatic N) is 2. The predicted molar refractivity (Wildman–Crippen MR) is 90.6 cm³/mol. The molecule has 0 bridgehead atoms. The van der Waals surface area contributed by atoms with Gasteiger partial charge in [0.1, 0.15) is 12.4 Å². The molecule has 0 unspecified atom stereocenters. The SMILES string of the molecule is COC(=O)C=Cc1ccc(OCCN2CCc3[nH]ncc3C2)cc1. The van der Waals surface area contributed by atoms with Crippen LogP contribution >= 0.6 is 0 Å². The molecule has 0 aliphatic carbocycles. The lowest BCUT2D eigenvalue weighted by atomic mass is 10.1. The highest BCUT2D eigenvalue weighted by Crippen LogP contribution is 2.16. The van der Waals surface area contributed by atoms with Crippen LogP contribution < -0.4 is 4.74 Å². The second kappa shape index (κ2) is 7.79. The first-order valence-electron chi connectivity index (χ1n) is 7.97. The Kier molecular flexibility index (Phi) is 5.28. The summed E-state index contributed by atoms with van der Waals surface area (Å²) in [6, 6.07) is 7.63. The van der Waals surface area contributed by atoms with E-state index in [4.69, 9.17) is 4.74 Å². The lowest BCUT2D eigenvalue weighted by Crippen LogP contribution is -2.33. The van der Waals surface area contributed by atoms with Gasteiger partial charge in [-0.1, -0.05) is 12.1 Å². The maximum absolute atomic E-state index is 11.1. The van der Waals surface area contributed by atoms with Crippen molar-refractivity contribution in [3.63, 3.8) is 0 Å². The third-order valence-electron chi connectivity index (χ3n) is 4.05. The highest BCUT2D eigenvalue weighted by molar-refractivity contribution is 5.86. The first-order valence-corrected chi connectivity index (χ1v) is 7.97. The minimum Gasteiger partial charge on any atom is -0.492 e. The minimum absolute atomic E-state index is 0.363. The van der Waals surface area contributed by atoms with E-state index in [9.17, 15) is 4.79 Å². The van der Waals surface area contributed by atoms with Crippen LogP contribution in [0.15, 0.2) is 36.5 Å². The van der Waals surface area contributed by atoms with Crippen molar-refractivity contribution in [2.45, 2.75) is 13.0 Å². The van der Waals surface area contributed by atoms with Crippen LogP contribution in [-0.2, 0) is 22.5 Å². The van der Waals surface area contributed by atoms with Gasteiger partial charge in [0.25, 0.3) is 0 Å². The summed E-state index contributed by atoms with van der Waals surface area (Å²) in [4.78, 5) is 13.4. The van der Waals surface area contributed by atoms with E-state index < -0.39 is 0 Å². The zero-order valence-corrected chi connectivity index (χ0v) is 13.7. The topological polar surface area (TPSA) is 67.5 Å². The van der Waals surface area contributed by atoms with E-state index in [0.717, 1.165) is 37.4 Å². The smallest absolute Gasteiger partial charge is 0.330 e. The predicted octanol–water partition coefficient (Wildman–Crippen LogP) is 2.03. The third kappa shape index (κ3) is 4.23. The van der Waals surface area contributed by atoms with Crippen molar-refractivity contribution in [1.82, 2.24) is 15.1 Å². The summed E-state index contributed by atoms with van der Waals surface area (Å²) >= 11 is 0. The molecule has 1 aromatic carbocycles. The average molecular weight is 327 g/mol. The molecule has 0 spiro atoms. The van der Waals surface area contributed by atoms with Crippen molar-refractivity contribution in [2.75, 3.05) is 26.8 Å². The second-order valence-corrected chi connectivity index (χ2v) is 5.67. The Morgan fingerprint density at radius 3 is 3.00 bits per heavy atom. The molecule has 0 saturated carbocycles. The van der Waals surface area contributed by atoms with Crippen LogP contribution in [0.2, 0.25) is 0 Å². The highest BCUT2D eigenvalue weighted by Gasteiger charge is 2.17. The van der Waals surface area contributed by atoms with Gasteiger partial charge in [-0.05, 0) is 23.8 Å². The number of carbonyl (C=O) groups is 1. The van der Waals surface area contributed by atoms with E-state index in [-0.39, 0.29) is 5.97 Å². The Bertz CT molecular complexity index is 707. The maximum Gasteiger partial charge on any atom is 0.330 e. The van der Waals surface area contributed by atoms with Crippen LogP contribution in [0.4, 0.5) is 0 Å². The highest BCUT2D eigenvalue weighted by atomic mass is 16.5. The molecule has 24 heavy (non-hydrogen) atoms. The molecule has 1 N–H and O–H groups in total. The molecule has 1 aliphatic heterocycles. The fourth-order valence-electron chi connectivity index (χ4n) is 2.67. The van der Waals surface area contributed by atoms with Gasteiger partial charge in [0, 0.05) is 43.4 Å². The van der Waals surface area contributed by atoms with Crippen molar-refractivity contribution < 1.29 is 14.3 Å². The lowest BCUT2D eigenvalue weighted by molar-refractivity contribution is -0.134. The zero-order valence-electron chi connectivity index (χ0n) is 13.7. The van der Waals surface area contributed by atoms with Gasteiger partial charge in [-0.3, -0.25) is 10.00 Å². The molecule has 0 fully saturated rings. The number of ether oxygens (including phenoxy) is 2. The van der Waals surface area contributed by atoms with Crippen molar-refractivity contribution in [2.24, 2.45) is 0 Å². The summed E-state index contributed by atoms with van der Waals surface area (Å²) < 4.78 is 10.4. The molecule has 0 radical (unpaired) electrons. The van der Waals surface area contributed by atoms with Crippen LogP contribution in [0, 0.1) is 0 Å². The number of methoxy groups -OCH3 is 1. The van der Waals surface area contributed by atoms with Gasteiger partial charge >= 0.3 is 5.97 Å². The molecule has 2 aromatic rings. The Hall–Kier alpha value is -2.60. The number of H-pyrrole nitrogens is 1. The number of hydrogen-bond donors (Lipinski definition) is 1. The van der Waals surface area contributed by atoms with Crippen LogP contribution in [0.5, 0.6) is 5.75 Å². The molecule has 6 heteroatoms. The van der Waals surface area contributed by atoms with Crippen molar-refractivity contribution in [3.8, 4) is 5.75 Å². The summed E-state index contributed by atoms with van der Waals surface area (Å²) in [5.74, 6) is 0.462. The Balaban J connectivity index is 1.44. The van der Waals surface area contributed by atoms with Crippen LogP contribution in [0.25, 0.3) is 6.08 Å². The summed E-state index contributed by atoms with van der Waals surface area (Å²) in [5, 5.41) is 7.13. The van der Waals surface area contributed by atoms with Crippen LogP contribution in [-0.4, -0.2) is 47.9 Å². The summed E-state index contributed by atoms with van der Waals surface area (Å²) in [6.45, 7) is 3.47. The van der Waals surface area contributed by atoms with Crippen LogP contribution in [0.3, 0.4) is 0 Å². The first-order chi connectivity index (χ1) is 11.7. The number of carbonyl (C=O) groups excluding carboxylic acids is 1. The van der Waals surface area contributed by atoms with Gasteiger partial charge in [0.05, 0.1) is 13.3 Å². The summed E-state index contributed by atoms with van der Waals surface area (Å²) in [5.41, 5.74) is 3.46. The third-order valence-corrected chi connectivity index (χ3v) is 4.05. The number of esters is 1. The minimum atomic E-state index is -0.363. The molecule has 126 valence electrons. The molecule has 1 aliphatic rings. The van der Waals surface area contributed by atoms with Crippen molar-refractivity contribution in [3.05, 3.63) is 53.4 Å². The largest absolute Gasteiger partial charge is 0.492 e. The second-order valence-electron chi connectivity index (χ2n) is 5.67. The number of rotatable bonds is 6. The fourth-order valence-corrected chi connectivity index (χ4v) is 2.67. The van der Waals surface area contributed by atoms with Gasteiger partial charge in [-0.2, -0.15) is 5.10 Å². The van der Waals surface area contributed by atoms with Gasteiger partial charge in [0.2, 0.25) is 0 Å². The van der Waals surface area contributed by atoms with E-state index in [1.165, 1.54) is 24.4 Å². The zero-order chi connectivity index (χ0) is 16.8. The Labute approximate surface area is 141 Å². The normalized spacial score (nSPS) is 14.5. The molecular weight excluding hydrogens is 306 g/mol. The average Bonchev–Trinajstić information content (AvgIpc) is 3.08. The molecule has 3 rings (SSSR count). The van der Waals surface area contributed by atoms with E-state index in [2.05, 4.69) is 19.8 Å². The Morgan fingerprint density at radius 2 is 2.21 bits per heavy atom. The van der Waals surface area contributed by atoms with E-state index >= 15 is 0 Å². The number of aromatic amines is 1. The van der Waals surface area contributed by atoms with Gasteiger partial charge in [-0.15, -0.1) is 0 Å². The fraction of sp³-hybridized carbons (Fsp3) is 0.333. The van der Waals surface area contributed by atoms with Gasteiger partial charge in [-0.25, -0.2) is 4.79 Å². The van der Waals surface area contributed by atoms with E-state index in [1.54, 1.807) is 6.08 Å². The molecule has 0 atom stereocenters. The molecular formula is C18H21N3O3. The molecule has 6 nitrogen and oxygen atoms in total. The quantitative estimate of drug-likeness (QED) is 0.649. The van der Waals surface area contributed by atoms with Crippen molar-refractivity contribution in [1.29, 1.82) is 0 Å². The van der Waals surface area contributed by atoms with Crippen molar-refractivity contribution >= 4 is 12.0 Å². The number of aromatic nitrogens is 2. The van der Waals surface area contributed by atoms with Gasteiger partial charge in [0.15, 0.2) is 0 Å². The molecule has 2 heterocycles.